The Hall–Kier alpha value is -1.46. The van der Waals surface area contributed by atoms with Gasteiger partial charge in [0.1, 0.15) is 5.75 Å². The molecule has 0 saturated heterocycles. The second-order valence-corrected chi connectivity index (χ2v) is 5.42. The van der Waals surface area contributed by atoms with Crippen LogP contribution < -0.4 is 10.1 Å². The summed E-state index contributed by atoms with van der Waals surface area (Å²) in [7, 11) is 1.58. The molecule has 108 valence electrons. The highest BCUT2D eigenvalue weighted by Crippen LogP contribution is 2.33. The summed E-state index contributed by atoms with van der Waals surface area (Å²) >= 11 is 1.46. The lowest BCUT2D eigenvalue weighted by Gasteiger charge is -2.18. The van der Waals surface area contributed by atoms with Gasteiger partial charge in [-0.25, -0.2) is 8.78 Å². The molecule has 2 rings (SSSR count). The molecule has 0 bridgehead atoms. The Labute approximate surface area is 121 Å². The molecule has 0 amide bonds. The fourth-order valence-corrected chi connectivity index (χ4v) is 2.99. The summed E-state index contributed by atoms with van der Waals surface area (Å²) < 4.78 is 33.1. The molecule has 1 aromatic carbocycles. The average molecular weight is 297 g/mol. The topological polar surface area (TPSA) is 21.3 Å². The first kappa shape index (κ1) is 14.9. The first-order chi connectivity index (χ1) is 9.58. The first-order valence-electron chi connectivity index (χ1n) is 6.38. The van der Waals surface area contributed by atoms with E-state index in [1.165, 1.54) is 11.3 Å². The second kappa shape index (κ2) is 6.33. The van der Waals surface area contributed by atoms with Gasteiger partial charge < -0.3 is 10.1 Å². The van der Waals surface area contributed by atoms with E-state index in [4.69, 9.17) is 4.74 Å². The highest BCUT2D eigenvalue weighted by atomic mass is 32.1. The summed E-state index contributed by atoms with van der Waals surface area (Å²) in [4.78, 5) is 0.894. The summed E-state index contributed by atoms with van der Waals surface area (Å²) in [5.41, 5.74) is 0.629. The molecule has 0 spiro atoms. The Kier molecular flexibility index (Phi) is 4.73. The maximum absolute atomic E-state index is 14.2. The molecule has 0 aliphatic heterocycles. The Morgan fingerprint density at radius 1 is 1.30 bits per heavy atom. The zero-order chi connectivity index (χ0) is 14.7. The highest BCUT2D eigenvalue weighted by Gasteiger charge is 2.22. The van der Waals surface area contributed by atoms with Crippen molar-refractivity contribution in [1.82, 2.24) is 5.32 Å². The molecule has 0 aliphatic rings. The molecule has 0 aliphatic carbocycles. The Morgan fingerprint density at radius 3 is 2.65 bits per heavy atom. The Balaban J connectivity index is 2.45. The van der Waals surface area contributed by atoms with Crippen LogP contribution in [-0.2, 0) is 0 Å². The van der Waals surface area contributed by atoms with Crippen molar-refractivity contribution in [1.29, 1.82) is 0 Å². The normalized spacial score (nSPS) is 12.4. The summed E-state index contributed by atoms with van der Waals surface area (Å²) in [5.74, 6) is -0.849. The number of benzene rings is 1. The van der Waals surface area contributed by atoms with Gasteiger partial charge in [-0.15, -0.1) is 11.3 Å². The minimum absolute atomic E-state index is 0.310. The Bertz CT molecular complexity index is 598. The quantitative estimate of drug-likeness (QED) is 0.899. The number of ether oxygens (including phenoxy) is 1. The number of hydrogen-bond donors (Lipinski definition) is 1. The summed E-state index contributed by atoms with van der Waals surface area (Å²) in [6.45, 7) is 4.14. The van der Waals surface area contributed by atoms with Crippen LogP contribution in [0.3, 0.4) is 0 Å². The first-order valence-corrected chi connectivity index (χ1v) is 7.26. The monoisotopic (exact) mass is 297 g/mol. The number of hydrogen-bond acceptors (Lipinski definition) is 3. The van der Waals surface area contributed by atoms with Crippen LogP contribution in [-0.4, -0.2) is 13.7 Å². The van der Waals surface area contributed by atoms with Crippen molar-refractivity contribution in [3.8, 4) is 5.75 Å². The van der Waals surface area contributed by atoms with E-state index >= 15 is 0 Å². The smallest absolute Gasteiger partial charge is 0.164 e. The van der Waals surface area contributed by atoms with Gasteiger partial charge in [-0.3, -0.25) is 0 Å². The average Bonchev–Trinajstić information content (AvgIpc) is 2.92. The third-order valence-corrected chi connectivity index (χ3v) is 4.12. The zero-order valence-corrected chi connectivity index (χ0v) is 12.5. The van der Waals surface area contributed by atoms with Crippen molar-refractivity contribution >= 4 is 11.3 Å². The van der Waals surface area contributed by atoms with E-state index in [0.29, 0.717) is 17.7 Å². The lowest BCUT2D eigenvalue weighted by atomic mass is 10.0. The van der Waals surface area contributed by atoms with E-state index in [-0.39, 0.29) is 6.04 Å². The van der Waals surface area contributed by atoms with E-state index in [0.717, 1.165) is 10.6 Å². The van der Waals surface area contributed by atoms with Crippen LogP contribution in [0.4, 0.5) is 8.78 Å². The van der Waals surface area contributed by atoms with Crippen molar-refractivity contribution in [3.63, 3.8) is 0 Å². The molecule has 20 heavy (non-hydrogen) atoms. The predicted octanol–water partition coefficient (Wildman–Crippen LogP) is 4.04. The van der Waals surface area contributed by atoms with Gasteiger partial charge in [0.25, 0.3) is 0 Å². The number of thiophene rings is 1. The number of nitrogens with one attached hydrogen (secondary N) is 1. The maximum atomic E-state index is 14.2. The summed E-state index contributed by atoms with van der Waals surface area (Å²) in [5, 5.41) is 5.04. The van der Waals surface area contributed by atoms with Crippen LogP contribution in [0.1, 0.15) is 29.0 Å². The molecular weight excluding hydrogens is 280 g/mol. The molecule has 2 aromatic rings. The van der Waals surface area contributed by atoms with Crippen molar-refractivity contribution in [2.45, 2.75) is 19.9 Å². The van der Waals surface area contributed by atoms with E-state index in [1.54, 1.807) is 26.2 Å². The predicted molar refractivity (Wildman–Crippen MR) is 77.5 cm³/mol. The molecule has 2 nitrogen and oxygen atoms in total. The molecule has 1 aromatic heterocycles. The number of aryl methyl sites for hydroxylation is 1. The standard InChI is InChI=1S/C15H17F2NOS/c1-4-18-15(12-7-10(19-3)8-20-12)11-6-5-9(2)13(16)14(11)17/h5-8,15,18H,4H2,1-3H3. The van der Waals surface area contributed by atoms with Gasteiger partial charge >= 0.3 is 0 Å². The minimum atomic E-state index is -0.789. The van der Waals surface area contributed by atoms with Gasteiger partial charge in [-0.2, -0.15) is 0 Å². The van der Waals surface area contributed by atoms with Crippen LogP contribution in [0.15, 0.2) is 23.6 Å². The molecule has 1 heterocycles. The van der Waals surface area contributed by atoms with Crippen molar-refractivity contribution < 1.29 is 13.5 Å². The van der Waals surface area contributed by atoms with Crippen LogP contribution in [0, 0.1) is 18.6 Å². The molecule has 1 N–H and O–H groups in total. The van der Waals surface area contributed by atoms with Crippen molar-refractivity contribution in [2.75, 3.05) is 13.7 Å². The van der Waals surface area contributed by atoms with Gasteiger partial charge in [0.15, 0.2) is 11.6 Å². The molecule has 0 fully saturated rings. The molecule has 1 atom stereocenters. The van der Waals surface area contributed by atoms with Gasteiger partial charge in [0.05, 0.1) is 13.2 Å². The van der Waals surface area contributed by atoms with E-state index in [1.807, 2.05) is 18.4 Å². The van der Waals surface area contributed by atoms with Gasteiger partial charge in [-0.1, -0.05) is 19.1 Å². The highest BCUT2D eigenvalue weighted by molar-refractivity contribution is 7.10. The molecule has 5 heteroatoms. The Morgan fingerprint density at radius 2 is 2.05 bits per heavy atom. The summed E-state index contributed by atoms with van der Waals surface area (Å²) in [6.07, 6.45) is 0. The largest absolute Gasteiger partial charge is 0.496 e. The number of halogens is 2. The SMILES string of the molecule is CCNC(c1cc(OC)cs1)c1ccc(C)c(F)c1F. The molecule has 0 saturated carbocycles. The van der Waals surface area contributed by atoms with Crippen molar-refractivity contribution in [2.24, 2.45) is 0 Å². The van der Waals surface area contributed by atoms with Gasteiger partial charge in [-0.05, 0) is 25.1 Å². The lowest BCUT2D eigenvalue weighted by Crippen LogP contribution is -2.22. The van der Waals surface area contributed by atoms with Crippen LogP contribution >= 0.6 is 11.3 Å². The minimum Gasteiger partial charge on any atom is -0.496 e. The van der Waals surface area contributed by atoms with Gasteiger partial charge in [0.2, 0.25) is 0 Å². The third kappa shape index (κ3) is 2.83. The van der Waals surface area contributed by atoms with Crippen molar-refractivity contribution in [3.05, 3.63) is 51.2 Å². The van der Waals surface area contributed by atoms with E-state index in [2.05, 4.69) is 5.32 Å². The third-order valence-electron chi connectivity index (χ3n) is 3.14. The second-order valence-electron chi connectivity index (χ2n) is 4.48. The molecular formula is C15H17F2NOS. The number of rotatable bonds is 5. The van der Waals surface area contributed by atoms with E-state index < -0.39 is 11.6 Å². The summed E-state index contributed by atoms with van der Waals surface area (Å²) in [6, 6.07) is 4.70. The maximum Gasteiger partial charge on any atom is 0.164 e. The zero-order valence-electron chi connectivity index (χ0n) is 11.7. The van der Waals surface area contributed by atoms with Gasteiger partial charge in [0, 0.05) is 15.8 Å². The van der Waals surface area contributed by atoms with E-state index in [9.17, 15) is 8.78 Å². The van der Waals surface area contributed by atoms with Crippen LogP contribution in [0.2, 0.25) is 0 Å². The lowest BCUT2D eigenvalue weighted by molar-refractivity contribution is 0.416. The number of methoxy groups -OCH3 is 1. The van der Waals surface area contributed by atoms with Crippen LogP contribution in [0.25, 0.3) is 0 Å². The fraction of sp³-hybridized carbons (Fsp3) is 0.333. The van der Waals surface area contributed by atoms with Crippen LogP contribution in [0.5, 0.6) is 5.75 Å². The molecule has 0 radical (unpaired) electrons. The molecule has 1 unspecified atom stereocenters. The fourth-order valence-electron chi connectivity index (χ4n) is 2.04.